The molecule has 12 heavy (non-hydrogen) atoms. The first-order valence-electron chi connectivity index (χ1n) is 3.43. The summed E-state index contributed by atoms with van der Waals surface area (Å²) in [5.74, 6) is -0.107. The van der Waals surface area contributed by atoms with E-state index in [0.717, 1.165) is 0 Å². The monoisotopic (exact) mass is 188 g/mol. The maximum atomic E-state index is 9.24. The number of aliphatic hydroxyl groups excluding tert-OH is 2. The second kappa shape index (κ2) is 3.76. The molecule has 1 atom stereocenters. The molecule has 66 valence electrons. The van der Waals surface area contributed by atoms with Crippen molar-refractivity contribution in [3.63, 3.8) is 0 Å². The minimum Gasteiger partial charge on any atom is -0.508 e. The maximum Gasteiger partial charge on any atom is 0.122 e. The Balaban J connectivity index is 3.12. The molecule has 0 radical (unpaired) electrons. The minimum absolute atomic E-state index is 0.107. The van der Waals surface area contributed by atoms with Gasteiger partial charge in [-0.05, 0) is 12.1 Å². The quantitative estimate of drug-likeness (QED) is 0.651. The molecule has 1 aromatic rings. The summed E-state index contributed by atoms with van der Waals surface area (Å²) in [5.41, 5.74) is 0.168. The van der Waals surface area contributed by atoms with E-state index in [4.69, 9.17) is 16.7 Å². The Labute approximate surface area is 74.8 Å². The topological polar surface area (TPSA) is 60.7 Å². The number of hydrogen-bond acceptors (Lipinski definition) is 3. The van der Waals surface area contributed by atoms with E-state index in [-0.39, 0.29) is 16.3 Å². The summed E-state index contributed by atoms with van der Waals surface area (Å²) in [5, 5.41) is 27.3. The Hall–Kier alpha value is -0.770. The lowest BCUT2D eigenvalue weighted by Gasteiger charge is -2.10. The fraction of sp³-hybridized carbons (Fsp3) is 0.250. The molecule has 0 aliphatic rings. The van der Waals surface area contributed by atoms with Crippen LogP contribution in [0.15, 0.2) is 18.2 Å². The van der Waals surface area contributed by atoms with E-state index in [1.165, 1.54) is 12.1 Å². The van der Waals surface area contributed by atoms with Crippen molar-refractivity contribution in [1.29, 1.82) is 0 Å². The van der Waals surface area contributed by atoms with Gasteiger partial charge >= 0.3 is 0 Å². The molecule has 3 nitrogen and oxygen atoms in total. The normalized spacial score (nSPS) is 12.9. The minimum atomic E-state index is -1.13. The number of phenolic OH excluding ortho intramolecular Hbond substituents is 1. The van der Waals surface area contributed by atoms with E-state index in [1.807, 2.05) is 0 Å². The van der Waals surface area contributed by atoms with Crippen molar-refractivity contribution in [2.45, 2.75) is 6.10 Å². The summed E-state index contributed by atoms with van der Waals surface area (Å²) in [6.45, 7) is -0.461. The second-order valence-electron chi connectivity index (χ2n) is 2.37. The summed E-state index contributed by atoms with van der Waals surface area (Å²) in [6, 6.07) is 4.50. The molecule has 0 heterocycles. The number of benzene rings is 1. The van der Waals surface area contributed by atoms with Gasteiger partial charge in [-0.2, -0.15) is 0 Å². The second-order valence-corrected chi connectivity index (χ2v) is 2.78. The van der Waals surface area contributed by atoms with E-state index >= 15 is 0 Å². The molecule has 1 aromatic carbocycles. The van der Waals surface area contributed by atoms with Crippen molar-refractivity contribution in [1.82, 2.24) is 0 Å². The number of aromatic hydroxyl groups is 1. The summed E-state index contributed by atoms with van der Waals surface area (Å²) in [6.07, 6.45) is -1.13. The SMILES string of the molecule is OCC(O)c1c(O)cccc1Cl. The zero-order valence-corrected chi connectivity index (χ0v) is 6.99. The fourth-order valence-electron chi connectivity index (χ4n) is 0.947. The van der Waals surface area contributed by atoms with Crippen LogP contribution in [0, 0.1) is 0 Å². The van der Waals surface area contributed by atoms with Crippen LogP contribution in [0.4, 0.5) is 0 Å². The van der Waals surface area contributed by atoms with Crippen LogP contribution < -0.4 is 0 Å². The number of rotatable bonds is 2. The summed E-state index contributed by atoms with van der Waals surface area (Å²) in [7, 11) is 0. The van der Waals surface area contributed by atoms with E-state index < -0.39 is 12.7 Å². The highest BCUT2D eigenvalue weighted by molar-refractivity contribution is 6.31. The van der Waals surface area contributed by atoms with Gasteiger partial charge < -0.3 is 15.3 Å². The van der Waals surface area contributed by atoms with Crippen LogP contribution in [0.25, 0.3) is 0 Å². The van der Waals surface area contributed by atoms with Crippen LogP contribution in [0.5, 0.6) is 5.75 Å². The van der Waals surface area contributed by atoms with Crippen molar-refractivity contribution in [3.05, 3.63) is 28.8 Å². The van der Waals surface area contributed by atoms with Crippen LogP contribution in [-0.4, -0.2) is 21.9 Å². The first kappa shape index (κ1) is 9.32. The molecule has 0 saturated carbocycles. The van der Waals surface area contributed by atoms with Crippen molar-refractivity contribution < 1.29 is 15.3 Å². The third-order valence-corrected chi connectivity index (χ3v) is 1.87. The highest BCUT2D eigenvalue weighted by Crippen LogP contribution is 2.30. The predicted molar refractivity (Wildman–Crippen MR) is 45.2 cm³/mol. The number of halogens is 1. The molecule has 3 N–H and O–H groups in total. The first-order chi connectivity index (χ1) is 5.66. The summed E-state index contributed by atoms with van der Waals surface area (Å²) < 4.78 is 0. The molecule has 0 fully saturated rings. The van der Waals surface area contributed by atoms with Crippen molar-refractivity contribution in [2.75, 3.05) is 6.61 Å². The van der Waals surface area contributed by atoms with Gasteiger partial charge in [0.2, 0.25) is 0 Å². The standard InChI is InChI=1S/C8H9ClO3/c9-5-2-1-3-6(11)8(5)7(12)4-10/h1-3,7,10-12H,4H2. The molecular formula is C8H9ClO3. The fourth-order valence-corrected chi connectivity index (χ4v) is 1.24. The van der Waals surface area contributed by atoms with Gasteiger partial charge in [0.1, 0.15) is 11.9 Å². The largest absolute Gasteiger partial charge is 0.508 e. The predicted octanol–water partition coefficient (Wildman–Crippen LogP) is 1.07. The van der Waals surface area contributed by atoms with Crippen molar-refractivity contribution >= 4 is 11.6 Å². The molecule has 0 aliphatic heterocycles. The van der Waals surface area contributed by atoms with Crippen LogP contribution >= 0.6 is 11.6 Å². The Morgan fingerprint density at radius 2 is 2.08 bits per heavy atom. The van der Waals surface area contributed by atoms with Crippen LogP contribution in [-0.2, 0) is 0 Å². The Kier molecular flexibility index (Phi) is 2.92. The van der Waals surface area contributed by atoms with Crippen molar-refractivity contribution in [3.8, 4) is 5.75 Å². The molecule has 0 aliphatic carbocycles. The van der Waals surface area contributed by atoms with E-state index in [0.29, 0.717) is 0 Å². The highest BCUT2D eigenvalue weighted by Gasteiger charge is 2.14. The van der Waals surface area contributed by atoms with E-state index in [1.54, 1.807) is 6.07 Å². The molecular weight excluding hydrogens is 180 g/mol. The number of aliphatic hydroxyl groups is 2. The Morgan fingerprint density at radius 1 is 1.42 bits per heavy atom. The van der Waals surface area contributed by atoms with Crippen LogP contribution in [0.2, 0.25) is 5.02 Å². The Morgan fingerprint density at radius 3 is 2.58 bits per heavy atom. The van der Waals surface area contributed by atoms with E-state index in [9.17, 15) is 10.2 Å². The van der Waals surface area contributed by atoms with Gasteiger partial charge in [0.25, 0.3) is 0 Å². The molecule has 0 aromatic heterocycles. The van der Waals surface area contributed by atoms with Gasteiger partial charge in [-0.1, -0.05) is 17.7 Å². The van der Waals surface area contributed by atoms with Gasteiger partial charge in [0.05, 0.1) is 11.6 Å². The first-order valence-corrected chi connectivity index (χ1v) is 3.81. The molecule has 1 unspecified atom stereocenters. The Bertz CT molecular complexity index is 255. The van der Waals surface area contributed by atoms with Gasteiger partial charge in [-0.3, -0.25) is 0 Å². The average Bonchev–Trinajstić information content (AvgIpc) is 2.03. The third kappa shape index (κ3) is 1.69. The number of hydrogen-bond donors (Lipinski definition) is 3. The van der Waals surface area contributed by atoms with Crippen molar-refractivity contribution in [2.24, 2.45) is 0 Å². The lowest BCUT2D eigenvalue weighted by Crippen LogP contribution is -2.03. The summed E-state index contributed by atoms with van der Waals surface area (Å²) in [4.78, 5) is 0. The van der Waals surface area contributed by atoms with Crippen LogP contribution in [0.3, 0.4) is 0 Å². The summed E-state index contributed by atoms with van der Waals surface area (Å²) >= 11 is 5.67. The molecule has 4 heteroatoms. The molecule has 0 spiro atoms. The highest BCUT2D eigenvalue weighted by atomic mass is 35.5. The van der Waals surface area contributed by atoms with Gasteiger partial charge in [-0.25, -0.2) is 0 Å². The van der Waals surface area contributed by atoms with Gasteiger partial charge in [0.15, 0.2) is 0 Å². The van der Waals surface area contributed by atoms with E-state index in [2.05, 4.69) is 0 Å². The average molecular weight is 189 g/mol. The zero-order chi connectivity index (χ0) is 9.14. The molecule has 0 saturated heterocycles. The lowest BCUT2D eigenvalue weighted by atomic mass is 10.1. The molecule has 0 bridgehead atoms. The third-order valence-electron chi connectivity index (χ3n) is 1.54. The molecule has 0 amide bonds. The zero-order valence-electron chi connectivity index (χ0n) is 6.24. The van der Waals surface area contributed by atoms with Crippen LogP contribution in [0.1, 0.15) is 11.7 Å². The molecule has 1 rings (SSSR count). The number of phenols is 1. The smallest absolute Gasteiger partial charge is 0.122 e. The van der Waals surface area contributed by atoms with Gasteiger partial charge in [0, 0.05) is 5.56 Å². The maximum absolute atomic E-state index is 9.24. The van der Waals surface area contributed by atoms with Gasteiger partial charge in [-0.15, -0.1) is 0 Å². The lowest BCUT2D eigenvalue weighted by molar-refractivity contribution is 0.0935.